The Kier molecular flexibility index (Phi) is 9900. The van der Waals surface area contributed by atoms with Crippen molar-refractivity contribution in [3.05, 3.63) is 0 Å². The summed E-state index contributed by atoms with van der Waals surface area (Å²) in [5, 5.41) is 7.32. The smallest absolute Gasteiger partial charge is 0.0587 e. The lowest BCUT2D eigenvalue weighted by Crippen LogP contribution is -1.10. The molecule has 2 nitrogen and oxygen atoms in total. The molecule has 0 saturated carbocycles. The summed E-state index contributed by atoms with van der Waals surface area (Å²) in [4.78, 5) is 0. The summed E-state index contributed by atoms with van der Waals surface area (Å²) in [5.74, 6) is 0. The molecule has 0 fully saturated rings. The van der Waals surface area contributed by atoms with Crippen molar-refractivity contribution in [1.82, 2.24) is 0 Å². The highest BCUT2D eigenvalue weighted by molar-refractivity contribution is 4.51. The second-order valence-corrected chi connectivity index (χ2v) is 0.224. The van der Waals surface area contributed by atoms with Crippen LogP contribution in [0.1, 0.15) is 21.8 Å². The third-order valence-electron chi connectivity index (χ3n) is 0. The summed E-state index contributed by atoms with van der Waals surface area (Å²) in [6, 6.07) is 1.75. The maximum Gasteiger partial charge on any atom is 0.0587 e. The van der Waals surface area contributed by atoms with E-state index in [0.29, 0.717) is 0 Å². The maximum absolute atomic E-state index is 7.32. The molecular formula is C4H14FNO. The molecule has 0 unspecified atom stereocenters. The van der Waals surface area contributed by atoms with Crippen LogP contribution in [0.3, 0.4) is 0 Å². The summed E-state index contributed by atoms with van der Waals surface area (Å²) < 4.78 is 0. The minimum Gasteiger partial charge on any atom is -0.412 e. The number of hydrogen-bond acceptors (Lipinski definition) is 1. The topological polar surface area (TPSA) is 55.3 Å². The summed E-state index contributed by atoms with van der Waals surface area (Å²) in [6.45, 7) is 1.43. The first-order valence-corrected chi connectivity index (χ1v) is 0.724. The number of nitriles is 1. The van der Waals surface area contributed by atoms with E-state index in [4.69, 9.17) is 5.26 Å². The van der Waals surface area contributed by atoms with E-state index in [0.717, 1.165) is 0 Å². The molecule has 0 atom stereocenters. The van der Waals surface area contributed by atoms with Gasteiger partial charge in [-0.15, -0.1) is 0 Å². The lowest BCUT2D eigenvalue weighted by molar-refractivity contribution is 0.824. The molecule has 0 aromatic carbocycles. The van der Waals surface area contributed by atoms with E-state index in [-0.39, 0.29) is 25.0 Å². The fraction of sp³-hybridized carbons (Fsp3) is 0.750. The molecule has 0 heterocycles. The normalized spacial score (nSPS) is 1.14. The van der Waals surface area contributed by atoms with Crippen LogP contribution in [0.15, 0.2) is 0 Å². The minimum atomic E-state index is 0. The Morgan fingerprint density at radius 2 is 1.29 bits per heavy atom. The van der Waals surface area contributed by atoms with E-state index >= 15 is 0 Å². The molecule has 3 heteroatoms. The van der Waals surface area contributed by atoms with Gasteiger partial charge >= 0.3 is 0 Å². The van der Waals surface area contributed by atoms with Gasteiger partial charge in [-0.05, 0) is 0 Å². The Hall–Kier alpha value is -0.620. The summed E-state index contributed by atoms with van der Waals surface area (Å²) >= 11 is 0. The monoisotopic (exact) mass is 112 g/mol. The van der Waals surface area contributed by atoms with Crippen molar-refractivity contribution < 1.29 is 10.2 Å². The van der Waals surface area contributed by atoms with E-state index in [2.05, 4.69) is 0 Å². The van der Waals surface area contributed by atoms with E-state index in [1.807, 2.05) is 0 Å². The van der Waals surface area contributed by atoms with E-state index in [9.17, 15) is 0 Å². The van der Waals surface area contributed by atoms with Crippen molar-refractivity contribution >= 4 is 0 Å². The van der Waals surface area contributed by atoms with Crippen molar-refractivity contribution in [2.75, 3.05) is 0 Å². The predicted molar refractivity (Wildman–Crippen MR) is 30.9 cm³/mol. The molecule has 48 valence electrons. The quantitative estimate of drug-likeness (QED) is 0.433. The van der Waals surface area contributed by atoms with Crippen LogP contribution in [0.25, 0.3) is 0 Å². The van der Waals surface area contributed by atoms with Crippen LogP contribution in [0.2, 0.25) is 0 Å². The van der Waals surface area contributed by atoms with Crippen molar-refractivity contribution in [2.24, 2.45) is 0 Å². The van der Waals surface area contributed by atoms with Gasteiger partial charge in [0.05, 0.1) is 6.07 Å². The van der Waals surface area contributed by atoms with Gasteiger partial charge in [0.1, 0.15) is 0 Å². The lowest BCUT2D eigenvalue weighted by Gasteiger charge is -1.15. The zero-order valence-electron chi connectivity index (χ0n) is 2.86. The highest BCUT2D eigenvalue weighted by Gasteiger charge is 1.17. The molecule has 2 N–H and O–H groups in total. The van der Waals surface area contributed by atoms with Gasteiger partial charge in [0, 0.05) is 6.92 Å². The molecule has 7 heavy (non-hydrogen) atoms. The standard InChI is InChI=1S/C2H3N.2CH4.FH.H2O/c1-2-3;;;;/h1H3;2*1H4;1H;1H2/i;;;1-1;1+2. The molecular weight excluding hydrogens is 98.1 g/mol. The first-order valence-electron chi connectivity index (χ1n) is 0.724. The molecule has 0 aliphatic rings. The average molecular weight is 112 g/mol. The van der Waals surface area contributed by atoms with Crippen LogP contribution in [-0.4, -0.2) is 5.48 Å². The molecule has 0 aromatic heterocycles. The van der Waals surface area contributed by atoms with Gasteiger partial charge in [0.25, 0.3) is 0 Å². The Bertz CT molecular complexity index is 33.2. The van der Waals surface area contributed by atoms with Gasteiger partial charge in [-0.2, -0.15) is 5.26 Å². The molecule has 0 spiro atoms. The maximum atomic E-state index is 7.32. The first-order chi connectivity index (χ1) is 1.41. The van der Waals surface area contributed by atoms with Crippen LogP contribution >= 0.6 is 0 Å². The molecule has 0 aromatic rings. The average Bonchev–Trinajstić information content (AvgIpc) is 0.918. The summed E-state index contributed by atoms with van der Waals surface area (Å²) in [6.07, 6.45) is 0. The number of rotatable bonds is 0. The van der Waals surface area contributed by atoms with Gasteiger partial charge in [-0.1, -0.05) is 14.9 Å². The Morgan fingerprint density at radius 1 is 1.29 bits per heavy atom. The highest BCUT2D eigenvalue weighted by atomic mass is 18.0. The Labute approximate surface area is 44.4 Å². The minimum absolute atomic E-state index is 0. The van der Waals surface area contributed by atoms with Gasteiger partial charge in [0.2, 0.25) is 0 Å². The van der Waals surface area contributed by atoms with E-state index in [1.165, 1.54) is 6.92 Å². The zero-order chi connectivity index (χ0) is 2.71. The van der Waals surface area contributed by atoms with E-state index in [1.54, 1.807) is 6.07 Å². The molecule has 0 bridgehead atoms. The molecule has 0 radical (unpaired) electrons. The Morgan fingerprint density at radius 3 is 1.29 bits per heavy atom. The van der Waals surface area contributed by atoms with Gasteiger partial charge in [-0.3, -0.25) is 4.70 Å². The highest BCUT2D eigenvalue weighted by Crippen LogP contribution is 1.21. The van der Waals surface area contributed by atoms with Gasteiger partial charge < -0.3 is 5.48 Å². The SMILES string of the molecule is C.C.CC#N.[18FH].[18OH2]. The molecule has 0 rings (SSSR count). The van der Waals surface area contributed by atoms with Crippen molar-refractivity contribution in [3.8, 4) is 6.07 Å². The summed E-state index contributed by atoms with van der Waals surface area (Å²) in [5.41, 5.74) is 0. The molecule has 0 aliphatic carbocycles. The fourth-order valence-electron chi connectivity index (χ4n) is 0. The van der Waals surface area contributed by atoms with Crippen LogP contribution in [-0.2, 0) is 0 Å². The largest absolute Gasteiger partial charge is 0.412 e. The fourth-order valence-corrected chi connectivity index (χ4v) is 0. The third-order valence-corrected chi connectivity index (χ3v) is 0. The zero-order valence-corrected chi connectivity index (χ0v) is 2.86. The predicted octanol–water partition coefficient (Wildman–Crippen LogP) is 1.13. The molecule has 0 saturated heterocycles. The van der Waals surface area contributed by atoms with Crippen LogP contribution in [0, 0.1) is 11.3 Å². The van der Waals surface area contributed by atoms with Crippen LogP contribution < -0.4 is 0 Å². The van der Waals surface area contributed by atoms with E-state index < -0.39 is 0 Å². The van der Waals surface area contributed by atoms with Gasteiger partial charge in [0.15, 0.2) is 0 Å². The third kappa shape index (κ3) is 160. The summed E-state index contributed by atoms with van der Waals surface area (Å²) in [7, 11) is 0. The number of halogens is 1. The van der Waals surface area contributed by atoms with Crippen molar-refractivity contribution in [3.63, 3.8) is 0 Å². The number of nitrogens with zero attached hydrogens (tertiary/aromatic N) is 1. The van der Waals surface area contributed by atoms with Crippen molar-refractivity contribution in [2.45, 2.75) is 21.8 Å². The lowest BCUT2D eigenvalue weighted by atomic mass is 11.0. The molecule has 0 aliphatic heterocycles. The number of hydrogen-bond donors (Lipinski definition) is 0. The van der Waals surface area contributed by atoms with Crippen molar-refractivity contribution in [1.29, 1.82) is 5.26 Å². The van der Waals surface area contributed by atoms with Gasteiger partial charge in [-0.25, -0.2) is 0 Å². The molecule has 0 amide bonds. The second kappa shape index (κ2) is 715. The Balaban J connectivity index is -0.00000000333. The van der Waals surface area contributed by atoms with Crippen LogP contribution in [0.5, 0.6) is 0 Å². The van der Waals surface area contributed by atoms with Crippen LogP contribution in [0.4, 0.5) is 4.70 Å². The second-order valence-electron chi connectivity index (χ2n) is 0.224. The first kappa shape index (κ1) is 97.0.